The molecule has 0 unspecified atom stereocenters. The number of alkyl halides is 1. The molecule has 0 fully saturated rings. The second-order valence-electron chi connectivity index (χ2n) is 2.29. The van der Waals surface area contributed by atoms with Crippen LogP contribution in [0, 0.1) is 6.92 Å². The Morgan fingerprint density at radius 1 is 1.27 bits per heavy atom. The Hall–Kier alpha value is 0.660. The van der Waals surface area contributed by atoms with Gasteiger partial charge in [0.15, 0.2) is 0 Å². The van der Waals surface area contributed by atoms with Crippen molar-refractivity contribution in [1.82, 2.24) is 0 Å². The quantitative estimate of drug-likeness (QED) is 0.663. The third-order valence-corrected chi connectivity index (χ3v) is 4.22. The van der Waals surface area contributed by atoms with Gasteiger partial charge >= 0.3 is 0 Å². The zero-order chi connectivity index (χ0) is 8.43. The molecule has 60 valence electrons. The normalized spacial score (nSPS) is 10.2. The van der Waals surface area contributed by atoms with Crippen molar-refractivity contribution in [1.29, 1.82) is 0 Å². The van der Waals surface area contributed by atoms with E-state index in [9.17, 15) is 0 Å². The maximum absolute atomic E-state index is 3.51. The zero-order valence-electron chi connectivity index (χ0n) is 6.00. The van der Waals surface area contributed by atoms with E-state index in [1.54, 1.807) is 0 Å². The summed E-state index contributed by atoms with van der Waals surface area (Å²) in [4.78, 5) is 0. The van der Waals surface area contributed by atoms with Crippen LogP contribution in [0.1, 0.15) is 11.1 Å². The fourth-order valence-electron chi connectivity index (χ4n) is 0.853. The molecule has 0 spiro atoms. The van der Waals surface area contributed by atoms with E-state index in [4.69, 9.17) is 0 Å². The maximum Gasteiger partial charge on any atom is 0.0360 e. The van der Waals surface area contributed by atoms with Crippen LogP contribution in [-0.2, 0) is 5.33 Å². The molecule has 0 saturated heterocycles. The Kier molecular flexibility index (Phi) is 3.59. The Bertz CT molecular complexity index is 268. The molecule has 0 nitrogen and oxygen atoms in total. The molecular weight excluding hydrogens is 336 g/mol. The molecule has 0 amide bonds. The van der Waals surface area contributed by atoms with Crippen LogP contribution in [0.3, 0.4) is 0 Å². The molecule has 0 aromatic heterocycles. The highest BCUT2D eigenvalue weighted by Crippen LogP contribution is 2.30. The van der Waals surface area contributed by atoms with Crippen LogP contribution in [0.5, 0.6) is 0 Å². The van der Waals surface area contributed by atoms with E-state index in [2.05, 4.69) is 60.8 Å². The molecule has 0 atom stereocenters. The Labute approximate surface area is 91.8 Å². The summed E-state index contributed by atoms with van der Waals surface area (Å²) in [6, 6.07) is 4.15. The van der Waals surface area contributed by atoms with E-state index in [0.29, 0.717) is 0 Å². The van der Waals surface area contributed by atoms with Gasteiger partial charge in [0, 0.05) is 14.3 Å². The summed E-state index contributed by atoms with van der Waals surface area (Å²) in [6.07, 6.45) is 0. The van der Waals surface area contributed by atoms with Crippen molar-refractivity contribution in [2.24, 2.45) is 0 Å². The molecule has 0 N–H and O–H groups in total. The van der Waals surface area contributed by atoms with E-state index in [1.165, 1.54) is 11.1 Å². The topological polar surface area (TPSA) is 0 Å². The smallest absolute Gasteiger partial charge is 0.0360 e. The lowest BCUT2D eigenvalue weighted by Crippen LogP contribution is -1.86. The predicted molar refractivity (Wildman–Crippen MR) is 59.2 cm³/mol. The first-order chi connectivity index (χ1) is 5.16. The van der Waals surface area contributed by atoms with Crippen molar-refractivity contribution >= 4 is 47.8 Å². The number of benzene rings is 1. The lowest BCUT2D eigenvalue weighted by atomic mass is 10.1. The molecule has 1 aromatic carbocycles. The zero-order valence-corrected chi connectivity index (χ0v) is 10.8. The fraction of sp³-hybridized carbons (Fsp3) is 0.250. The first-order valence-corrected chi connectivity index (χ1v) is 5.87. The van der Waals surface area contributed by atoms with Crippen molar-refractivity contribution in [3.63, 3.8) is 0 Å². The van der Waals surface area contributed by atoms with Crippen LogP contribution >= 0.6 is 47.8 Å². The molecule has 1 rings (SSSR count). The number of aryl methyl sites for hydroxylation is 1. The molecule has 0 aliphatic heterocycles. The van der Waals surface area contributed by atoms with Gasteiger partial charge < -0.3 is 0 Å². The molecule has 0 aliphatic carbocycles. The van der Waals surface area contributed by atoms with Crippen LogP contribution in [0.25, 0.3) is 0 Å². The SMILES string of the molecule is Cc1ccc(Br)c(Br)c1CBr. The minimum Gasteiger partial charge on any atom is -0.0876 e. The highest BCUT2D eigenvalue weighted by atomic mass is 79.9. The van der Waals surface area contributed by atoms with Crippen molar-refractivity contribution < 1.29 is 0 Å². The van der Waals surface area contributed by atoms with Crippen LogP contribution < -0.4 is 0 Å². The summed E-state index contributed by atoms with van der Waals surface area (Å²) in [5.74, 6) is 0. The van der Waals surface area contributed by atoms with Gasteiger partial charge in [-0.15, -0.1) is 0 Å². The number of rotatable bonds is 1. The van der Waals surface area contributed by atoms with E-state index >= 15 is 0 Å². The second-order valence-corrected chi connectivity index (χ2v) is 4.50. The number of hydrogen-bond donors (Lipinski definition) is 0. The summed E-state index contributed by atoms with van der Waals surface area (Å²) >= 11 is 10.4. The lowest BCUT2D eigenvalue weighted by molar-refractivity contribution is 1.28. The highest BCUT2D eigenvalue weighted by Gasteiger charge is 2.04. The number of halogens is 3. The van der Waals surface area contributed by atoms with Crippen molar-refractivity contribution in [3.8, 4) is 0 Å². The van der Waals surface area contributed by atoms with Gasteiger partial charge in [0.2, 0.25) is 0 Å². The van der Waals surface area contributed by atoms with Crippen LogP contribution in [0.15, 0.2) is 21.1 Å². The average Bonchev–Trinajstić information content (AvgIpc) is 1.99. The molecule has 1 aromatic rings. The molecule has 0 saturated carbocycles. The van der Waals surface area contributed by atoms with Crippen molar-refractivity contribution in [3.05, 3.63) is 32.2 Å². The van der Waals surface area contributed by atoms with Gasteiger partial charge in [-0.1, -0.05) is 22.0 Å². The average molecular weight is 343 g/mol. The Morgan fingerprint density at radius 2 is 1.91 bits per heavy atom. The van der Waals surface area contributed by atoms with Gasteiger partial charge in [-0.3, -0.25) is 0 Å². The monoisotopic (exact) mass is 340 g/mol. The molecule has 0 radical (unpaired) electrons. The maximum atomic E-state index is 3.51. The van der Waals surface area contributed by atoms with E-state index in [1.807, 2.05) is 6.07 Å². The van der Waals surface area contributed by atoms with Gasteiger partial charge in [-0.05, 0) is 56.0 Å². The third kappa shape index (κ3) is 2.07. The predicted octanol–water partition coefficient (Wildman–Crippen LogP) is 4.41. The molecule has 0 aliphatic rings. The van der Waals surface area contributed by atoms with Gasteiger partial charge in [-0.2, -0.15) is 0 Å². The largest absolute Gasteiger partial charge is 0.0876 e. The van der Waals surface area contributed by atoms with Crippen LogP contribution in [0.2, 0.25) is 0 Å². The van der Waals surface area contributed by atoms with E-state index < -0.39 is 0 Å². The van der Waals surface area contributed by atoms with Crippen molar-refractivity contribution in [2.75, 3.05) is 0 Å². The fourth-order valence-corrected chi connectivity index (χ4v) is 2.91. The van der Waals surface area contributed by atoms with Gasteiger partial charge in [-0.25, -0.2) is 0 Å². The summed E-state index contributed by atoms with van der Waals surface area (Å²) in [7, 11) is 0. The first kappa shape index (κ1) is 9.75. The minimum atomic E-state index is 0.888. The van der Waals surface area contributed by atoms with Crippen LogP contribution in [0.4, 0.5) is 0 Å². The third-order valence-electron chi connectivity index (χ3n) is 1.56. The van der Waals surface area contributed by atoms with E-state index in [-0.39, 0.29) is 0 Å². The summed E-state index contributed by atoms with van der Waals surface area (Å²) < 4.78 is 2.26. The first-order valence-electron chi connectivity index (χ1n) is 3.16. The summed E-state index contributed by atoms with van der Waals surface area (Å²) in [5, 5.41) is 0.888. The molecule has 0 bridgehead atoms. The van der Waals surface area contributed by atoms with Crippen LogP contribution in [-0.4, -0.2) is 0 Å². The molecule has 11 heavy (non-hydrogen) atoms. The van der Waals surface area contributed by atoms with Gasteiger partial charge in [0.05, 0.1) is 0 Å². The van der Waals surface area contributed by atoms with Crippen molar-refractivity contribution in [2.45, 2.75) is 12.3 Å². The summed E-state index contributed by atoms with van der Waals surface area (Å²) in [5.41, 5.74) is 2.61. The molecular formula is C8H7Br3. The second kappa shape index (κ2) is 4.06. The summed E-state index contributed by atoms with van der Waals surface area (Å²) in [6.45, 7) is 2.10. The number of hydrogen-bond acceptors (Lipinski definition) is 0. The standard InChI is InChI=1S/C8H7Br3/c1-5-2-3-7(10)8(11)6(5)4-9/h2-3H,4H2,1H3. The minimum absolute atomic E-state index is 0.888. The Balaban J connectivity index is 3.29. The van der Waals surface area contributed by atoms with E-state index in [0.717, 1.165) is 14.3 Å². The molecule has 0 heterocycles. The Morgan fingerprint density at radius 3 is 2.36 bits per heavy atom. The van der Waals surface area contributed by atoms with Gasteiger partial charge in [0.1, 0.15) is 0 Å². The molecule has 3 heteroatoms. The highest BCUT2D eigenvalue weighted by molar-refractivity contribution is 9.13. The van der Waals surface area contributed by atoms with Gasteiger partial charge in [0.25, 0.3) is 0 Å². The lowest BCUT2D eigenvalue weighted by Gasteiger charge is -2.05.